The predicted molar refractivity (Wildman–Crippen MR) is 104 cm³/mol. The molecule has 0 saturated carbocycles. The number of aryl methyl sites for hydroxylation is 2. The SMILES string of the molecule is CCc1ccc(CNC(=O)CSc2nc3cc(C)[nH]c3c(=O)n2C)cc1. The Morgan fingerprint density at radius 2 is 1.96 bits per heavy atom. The number of nitrogens with zero attached hydrogens (tertiary/aromatic N) is 2. The van der Waals surface area contributed by atoms with Crippen LogP contribution in [0.1, 0.15) is 23.7 Å². The van der Waals surface area contributed by atoms with E-state index in [-0.39, 0.29) is 17.2 Å². The molecule has 0 atom stereocenters. The van der Waals surface area contributed by atoms with Crippen molar-refractivity contribution in [2.24, 2.45) is 7.05 Å². The number of thioether (sulfide) groups is 1. The predicted octanol–water partition coefficient (Wildman–Crippen LogP) is 2.54. The zero-order chi connectivity index (χ0) is 18.7. The van der Waals surface area contributed by atoms with Crippen molar-refractivity contribution in [3.8, 4) is 0 Å². The fourth-order valence-electron chi connectivity index (χ4n) is 2.66. The topological polar surface area (TPSA) is 79.8 Å². The van der Waals surface area contributed by atoms with Crippen molar-refractivity contribution in [2.75, 3.05) is 5.75 Å². The van der Waals surface area contributed by atoms with E-state index in [9.17, 15) is 9.59 Å². The summed E-state index contributed by atoms with van der Waals surface area (Å²) in [6, 6.07) is 10.0. The molecule has 6 nitrogen and oxygen atoms in total. The number of hydrogen-bond acceptors (Lipinski definition) is 4. The van der Waals surface area contributed by atoms with Gasteiger partial charge in [-0.2, -0.15) is 0 Å². The molecule has 0 unspecified atom stereocenters. The van der Waals surface area contributed by atoms with Crippen molar-refractivity contribution < 1.29 is 4.79 Å². The van der Waals surface area contributed by atoms with Crippen LogP contribution in [0, 0.1) is 6.92 Å². The van der Waals surface area contributed by atoms with Crippen molar-refractivity contribution >= 4 is 28.7 Å². The maximum absolute atomic E-state index is 12.3. The Morgan fingerprint density at radius 1 is 1.27 bits per heavy atom. The summed E-state index contributed by atoms with van der Waals surface area (Å²) >= 11 is 1.26. The van der Waals surface area contributed by atoms with E-state index in [1.165, 1.54) is 21.9 Å². The molecule has 7 heteroatoms. The minimum Gasteiger partial charge on any atom is -0.353 e. The summed E-state index contributed by atoms with van der Waals surface area (Å²) < 4.78 is 1.47. The average Bonchev–Trinajstić information content (AvgIpc) is 3.02. The molecule has 1 amide bonds. The van der Waals surface area contributed by atoms with Crippen LogP contribution in [0.2, 0.25) is 0 Å². The smallest absolute Gasteiger partial charge is 0.278 e. The molecular weight excluding hydrogens is 348 g/mol. The summed E-state index contributed by atoms with van der Waals surface area (Å²) in [6.07, 6.45) is 1.00. The first kappa shape index (κ1) is 18.3. The normalized spacial score (nSPS) is 11.0. The van der Waals surface area contributed by atoms with E-state index in [0.717, 1.165) is 17.7 Å². The number of carbonyl (C=O) groups is 1. The highest BCUT2D eigenvalue weighted by atomic mass is 32.2. The van der Waals surface area contributed by atoms with E-state index in [1.54, 1.807) is 7.05 Å². The number of benzene rings is 1. The van der Waals surface area contributed by atoms with E-state index >= 15 is 0 Å². The molecule has 0 aliphatic rings. The molecule has 136 valence electrons. The number of aromatic amines is 1. The Kier molecular flexibility index (Phi) is 5.46. The van der Waals surface area contributed by atoms with Gasteiger partial charge in [0.25, 0.3) is 5.56 Å². The molecule has 2 N–H and O–H groups in total. The van der Waals surface area contributed by atoms with Crippen LogP contribution < -0.4 is 10.9 Å². The summed E-state index contributed by atoms with van der Waals surface area (Å²) in [7, 11) is 1.67. The Balaban J connectivity index is 1.61. The van der Waals surface area contributed by atoms with Gasteiger partial charge in [0.1, 0.15) is 5.52 Å². The van der Waals surface area contributed by atoms with Gasteiger partial charge in [-0.25, -0.2) is 4.98 Å². The first-order valence-electron chi connectivity index (χ1n) is 8.51. The van der Waals surface area contributed by atoms with E-state index < -0.39 is 0 Å². The third-order valence-electron chi connectivity index (χ3n) is 4.21. The number of rotatable bonds is 6. The van der Waals surface area contributed by atoms with Crippen LogP contribution >= 0.6 is 11.8 Å². The molecule has 0 radical (unpaired) electrons. The van der Waals surface area contributed by atoms with Gasteiger partial charge < -0.3 is 10.3 Å². The van der Waals surface area contributed by atoms with Crippen LogP contribution in [0.25, 0.3) is 11.0 Å². The second-order valence-electron chi connectivity index (χ2n) is 6.21. The molecular formula is C19H22N4O2S. The number of H-pyrrole nitrogens is 1. The number of amides is 1. The highest BCUT2D eigenvalue weighted by molar-refractivity contribution is 7.99. The van der Waals surface area contributed by atoms with E-state index in [1.807, 2.05) is 25.1 Å². The third kappa shape index (κ3) is 3.99. The summed E-state index contributed by atoms with van der Waals surface area (Å²) in [5, 5.41) is 3.43. The van der Waals surface area contributed by atoms with Crippen LogP contribution in [-0.4, -0.2) is 26.2 Å². The first-order valence-corrected chi connectivity index (χ1v) is 9.50. The largest absolute Gasteiger partial charge is 0.353 e. The van der Waals surface area contributed by atoms with E-state index in [2.05, 4.69) is 34.3 Å². The molecule has 0 bridgehead atoms. The standard InChI is InChI=1S/C19H22N4O2S/c1-4-13-5-7-14(8-6-13)10-20-16(24)11-26-19-22-15-9-12(2)21-17(15)18(25)23(19)3/h5-9,21H,4,10-11H2,1-3H3,(H,20,24). The molecule has 26 heavy (non-hydrogen) atoms. The van der Waals surface area contributed by atoms with Gasteiger partial charge in [0.05, 0.1) is 11.3 Å². The van der Waals surface area contributed by atoms with Crippen LogP contribution in [0.15, 0.2) is 40.3 Å². The van der Waals surface area contributed by atoms with Crippen LogP contribution in [0.3, 0.4) is 0 Å². The van der Waals surface area contributed by atoms with Crippen molar-refractivity contribution in [2.45, 2.75) is 32.0 Å². The summed E-state index contributed by atoms with van der Waals surface area (Å²) in [4.78, 5) is 32.0. The number of hydrogen-bond donors (Lipinski definition) is 2. The summed E-state index contributed by atoms with van der Waals surface area (Å²) in [6.45, 7) is 4.49. The molecule has 2 aromatic heterocycles. The number of aromatic nitrogens is 3. The van der Waals surface area contributed by atoms with Gasteiger partial charge in [0, 0.05) is 19.3 Å². The molecule has 0 aliphatic heterocycles. The van der Waals surface area contributed by atoms with Crippen molar-refractivity contribution in [1.82, 2.24) is 19.9 Å². The second-order valence-corrected chi connectivity index (χ2v) is 7.15. The highest BCUT2D eigenvalue weighted by Crippen LogP contribution is 2.17. The fourth-order valence-corrected chi connectivity index (χ4v) is 3.46. The molecule has 0 saturated heterocycles. The van der Waals surface area contributed by atoms with Crippen molar-refractivity contribution in [3.05, 3.63) is 57.5 Å². The van der Waals surface area contributed by atoms with Gasteiger partial charge in [0.15, 0.2) is 5.16 Å². The monoisotopic (exact) mass is 370 g/mol. The first-order chi connectivity index (χ1) is 12.5. The number of fused-ring (bicyclic) bond motifs is 1. The fraction of sp³-hybridized carbons (Fsp3) is 0.316. The molecule has 0 aliphatic carbocycles. The van der Waals surface area contributed by atoms with Crippen LogP contribution in [0.4, 0.5) is 0 Å². The highest BCUT2D eigenvalue weighted by Gasteiger charge is 2.12. The number of carbonyl (C=O) groups excluding carboxylic acids is 1. The minimum atomic E-state index is -0.137. The lowest BCUT2D eigenvalue weighted by Gasteiger charge is -2.08. The summed E-state index contributed by atoms with van der Waals surface area (Å²) in [5.41, 5.74) is 4.22. The lowest BCUT2D eigenvalue weighted by Crippen LogP contribution is -2.25. The molecule has 1 aromatic carbocycles. The van der Waals surface area contributed by atoms with Gasteiger partial charge in [-0.3, -0.25) is 14.2 Å². The molecule has 3 rings (SSSR count). The zero-order valence-electron chi connectivity index (χ0n) is 15.1. The molecule has 0 fully saturated rings. The van der Waals surface area contributed by atoms with Gasteiger partial charge in [-0.05, 0) is 30.5 Å². The van der Waals surface area contributed by atoms with E-state index in [4.69, 9.17) is 0 Å². The van der Waals surface area contributed by atoms with Gasteiger partial charge in [-0.15, -0.1) is 0 Å². The minimum absolute atomic E-state index is 0.0887. The molecule has 2 heterocycles. The lowest BCUT2D eigenvalue weighted by atomic mass is 10.1. The maximum atomic E-state index is 12.3. The Bertz CT molecular complexity index is 989. The van der Waals surface area contributed by atoms with Crippen LogP contribution in [-0.2, 0) is 24.8 Å². The quantitative estimate of drug-likeness (QED) is 0.516. The van der Waals surface area contributed by atoms with Crippen LogP contribution in [0.5, 0.6) is 0 Å². The van der Waals surface area contributed by atoms with Gasteiger partial charge >= 0.3 is 0 Å². The lowest BCUT2D eigenvalue weighted by molar-refractivity contribution is -0.118. The Labute approximate surface area is 156 Å². The second kappa shape index (κ2) is 7.78. The average molecular weight is 370 g/mol. The summed E-state index contributed by atoms with van der Waals surface area (Å²) in [5.74, 6) is 0.122. The Morgan fingerprint density at radius 3 is 2.65 bits per heavy atom. The van der Waals surface area contributed by atoms with Crippen molar-refractivity contribution in [3.63, 3.8) is 0 Å². The maximum Gasteiger partial charge on any atom is 0.278 e. The van der Waals surface area contributed by atoms with Crippen molar-refractivity contribution in [1.29, 1.82) is 0 Å². The molecule has 3 aromatic rings. The van der Waals surface area contributed by atoms with Gasteiger partial charge in [-0.1, -0.05) is 43.0 Å². The molecule has 0 spiro atoms. The third-order valence-corrected chi connectivity index (χ3v) is 5.24. The zero-order valence-corrected chi connectivity index (χ0v) is 15.9. The Hall–Kier alpha value is -2.54. The van der Waals surface area contributed by atoms with E-state index in [0.29, 0.717) is 22.7 Å². The number of nitrogens with one attached hydrogen (secondary N) is 2. The van der Waals surface area contributed by atoms with Gasteiger partial charge in [0.2, 0.25) is 5.91 Å².